The Morgan fingerprint density at radius 2 is 1.32 bits per heavy atom. The van der Waals surface area contributed by atoms with Crippen LogP contribution in [0, 0.1) is 6.92 Å². The second kappa shape index (κ2) is 6.49. The number of hydrogen-bond donors (Lipinski definition) is 2. The molecule has 0 amide bonds. The molecule has 0 aliphatic heterocycles. The summed E-state index contributed by atoms with van der Waals surface area (Å²) in [6.45, 7) is 1.87. The highest BCUT2D eigenvalue weighted by molar-refractivity contribution is 5.67. The Bertz CT molecular complexity index is 447. The third-order valence-electron chi connectivity index (χ3n) is 2.98. The van der Waals surface area contributed by atoms with Crippen molar-refractivity contribution in [2.45, 2.75) is 13.0 Å². The molecule has 108 valence electrons. The zero-order valence-electron chi connectivity index (χ0n) is 11.9. The van der Waals surface area contributed by atoms with Gasteiger partial charge in [-0.3, -0.25) is 0 Å². The number of nitrogens with two attached hydrogens (primary N) is 1. The Kier molecular flexibility index (Phi) is 5.26. The Hall–Kier alpha value is -1.66. The number of ether oxygens (including phenoxy) is 4. The first-order chi connectivity index (χ1) is 9.06. The lowest BCUT2D eigenvalue weighted by Crippen LogP contribution is -2.15. The molecule has 0 aliphatic rings. The summed E-state index contributed by atoms with van der Waals surface area (Å²) in [5.41, 5.74) is 6.78. The molecule has 0 radical (unpaired) electrons. The van der Waals surface area contributed by atoms with Crippen molar-refractivity contribution in [3.05, 3.63) is 11.1 Å². The van der Waals surface area contributed by atoms with Crippen molar-refractivity contribution in [1.29, 1.82) is 0 Å². The summed E-state index contributed by atoms with van der Waals surface area (Å²) in [6, 6.07) is 0. The molecule has 1 rings (SSSR count). The second-order valence-corrected chi connectivity index (χ2v) is 3.92. The van der Waals surface area contributed by atoms with Crippen LogP contribution in [0.15, 0.2) is 0 Å². The minimum Gasteiger partial charge on any atom is -0.492 e. The molecule has 0 spiro atoms. The number of rotatable bonds is 6. The van der Waals surface area contributed by atoms with Crippen molar-refractivity contribution in [3.8, 4) is 23.0 Å². The highest BCUT2D eigenvalue weighted by Crippen LogP contribution is 2.50. The van der Waals surface area contributed by atoms with Crippen molar-refractivity contribution in [2.24, 2.45) is 5.73 Å². The monoisotopic (exact) mass is 271 g/mol. The van der Waals surface area contributed by atoms with E-state index in [1.165, 1.54) is 28.4 Å². The van der Waals surface area contributed by atoms with Crippen molar-refractivity contribution in [1.82, 2.24) is 0 Å². The van der Waals surface area contributed by atoms with Crippen LogP contribution in [0.2, 0.25) is 0 Å². The van der Waals surface area contributed by atoms with Gasteiger partial charge in [-0.1, -0.05) is 0 Å². The zero-order valence-corrected chi connectivity index (χ0v) is 11.9. The fourth-order valence-electron chi connectivity index (χ4n) is 2.13. The molecule has 1 unspecified atom stereocenters. The maximum absolute atomic E-state index is 10.1. The zero-order chi connectivity index (χ0) is 14.6. The number of hydrogen-bond acceptors (Lipinski definition) is 6. The Labute approximate surface area is 113 Å². The van der Waals surface area contributed by atoms with Gasteiger partial charge in [0.15, 0.2) is 11.5 Å². The summed E-state index contributed by atoms with van der Waals surface area (Å²) in [7, 11) is 6.03. The van der Waals surface area contributed by atoms with E-state index in [1.54, 1.807) is 6.92 Å². The molecule has 0 fully saturated rings. The molecule has 6 nitrogen and oxygen atoms in total. The summed E-state index contributed by atoms with van der Waals surface area (Å²) in [4.78, 5) is 0. The predicted molar refractivity (Wildman–Crippen MR) is 71.4 cm³/mol. The fraction of sp³-hybridized carbons (Fsp3) is 0.538. The molecule has 0 heterocycles. The van der Waals surface area contributed by atoms with Crippen LogP contribution in [-0.4, -0.2) is 40.1 Å². The van der Waals surface area contributed by atoms with Crippen LogP contribution in [0.5, 0.6) is 23.0 Å². The SMILES string of the molecule is COc1c(C)c(C(O)CN)c(OC)c(OC)c1OC. The summed E-state index contributed by atoms with van der Waals surface area (Å²) in [6.07, 6.45) is -0.872. The maximum Gasteiger partial charge on any atom is 0.207 e. The predicted octanol–water partition coefficient (Wildman–Crippen LogP) is 1.02. The lowest BCUT2D eigenvalue weighted by atomic mass is 9.99. The number of aliphatic hydroxyl groups is 1. The van der Waals surface area contributed by atoms with Crippen molar-refractivity contribution < 1.29 is 24.1 Å². The third-order valence-corrected chi connectivity index (χ3v) is 2.98. The first kappa shape index (κ1) is 15.4. The molecule has 0 bridgehead atoms. The summed E-state index contributed by atoms with van der Waals surface area (Å²) < 4.78 is 21.3. The van der Waals surface area contributed by atoms with E-state index in [-0.39, 0.29) is 6.54 Å². The molecular weight excluding hydrogens is 250 g/mol. The van der Waals surface area contributed by atoms with Crippen LogP contribution in [0.1, 0.15) is 17.2 Å². The molecule has 3 N–H and O–H groups in total. The van der Waals surface area contributed by atoms with E-state index < -0.39 is 6.10 Å². The molecule has 6 heteroatoms. The summed E-state index contributed by atoms with van der Waals surface area (Å²) >= 11 is 0. The molecular formula is C13H21NO5. The molecule has 1 atom stereocenters. The van der Waals surface area contributed by atoms with Gasteiger partial charge in [0, 0.05) is 17.7 Å². The number of benzene rings is 1. The lowest BCUT2D eigenvalue weighted by molar-refractivity contribution is 0.178. The van der Waals surface area contributed by atoms with E-state index >= 15 is 0 Å². The lowest BCUT2D eigenvalue weighted by Gasteiger charge is -2.23. The van der Waals surface area contributed by atoms with Gasteiger partial charge in [-0.05, 0) is 6.92 Å². The first-order valence-corrected chi connectivity index (χ1v) is 5.81. The van der Waals surface area contributed by atoms with Crippen molar-refractivity contribution >= 4 is 0 Å². The standard InChI is InChI=1S/C13H21NO5/c1-7-9(8(15)6-14)11(17-3)13(19-5)12(18-4)10(7)16-2/h8,15H,6,14H2,1-5H3. The first-order valence-electron chi connectivity index (χ1n) is 5.81. The second-order valence-electron chi connectivity index (χ2n) is 3.92. The van der Waals surface area contributed by atoms with Gasteiger partial charge in [0.1, 0.15) is 0 Å². The van der Waals surface area contributed by atoms with Crippen LogP contribution in [-0.2, 0) is 0 Å². The smallest absolute Gasteiger partial charge is 0.207 e. The number of aliphatic hydroxyl groups excluding tert-OH is 1. The van der Waals surface area contributed by atoms with Gasteiger partial charge < -0.3 is 29.8 Å². The summed E-state index contributed by atoms with van der Waals surface area (Å²) in [5.74, 6) is 1.68. The molecule has 19 heavy (non-hydrogen) atoms. The molecule has 0 saturated heterocycles. The molecule has 0 saturated carbocycles. The normalized spacial score (nSPS) is 11.9. The van der Waals surface area contributed by atoms with Crippen molar-refractivity contribution in [2.75, 3.05) is 35.0 Å². The Morgan fingerprint density at radius 1 is 0.895 bits per heavy atom. The van der Waals surface area contributed by atoms with Crippen LogP contribution in [0.3, 0.4) is 0 Å². The average Bonchev–Trinajstić information content (AvgIpc) is 2.44. The van der Waals surface area contributed by atoms with Crippen molar-refractivity contribution in [3.63, 3.8) is 0 Å². The van der Waals surface area contributed by atoms with Crippen LogP contribution in [0.4, 0.5) is 0 Å². The van der Waals surface area contributed by atoms with Gasteiger partial charge in [0.05, 0.1) is 34.5 Å². The average molecular weight is 271 g/mol. The highest BCUT2D eigenvalue weighted by Gasteiger charge is 2.28. The maximum atomic E-state index is 10.1. The Morgan fingerprint density at radius 3 is 1.68 bits per heavy atom. The highest BCUT2D eigenvalue weighted by atomic mass is 16.5. The topological polar surface area (TPSA) is 83.2 Å². The van der Waals surface area contributed by atoms with E-state index in [0.29, 0.717) is 34.1 Å². The minimum absolute atomic E-state index is 0.0653. The van der Waals surface area contributed by atoms with Gasteiger partial charge in [-0.15, -0.1) is 0 Å². The van der Waals surface area contributed by atoms with E-state index in [1.807, 2.05) is 0 Å². The minimum atomic E-state index is -0.872. The number of methoxy groups -OCH3 is 4. The largest absolute Gasteiger partial charge is 0.492 e. The quantitative estimate of drug-likeness (QED) is 0.804. The van der Waals surface area contributed by atoms with Crippen LogP contribution in [0.25, 0.3) is 0 Å². The van der Waals surface area contributed by atoms with Crippen LogP contribution < -0.4 is 24.7 Å². The Balaban J connectivity index is 3.71. The van der Waals surface area contributed by atoms with Gasteiger partial charge in [0.25, 0.3) is 0 Å². The van der Waals surface area contributed by atoms with Gasteiger partial charge in [-0.25, -0.2) is 0 Å². The molecule has 1 aromatic carbocycles. The molecule has 0 aromatic heterocycles. The molecule has 1 aromatic rings. The third kappa shape index (κ3) is 2.54. The van der Waals surface area contributed by atoms with E-state index in [2.05, 4.69) is 0 Å². The molecule has 0 aliphatic carbocycles. The summed E-state index contributed by atoms with van der Waals surface area (Å²) in [5, 5.41) is 10.1. The fourth-order valence-corrected chi connectivity index (χ4v) is 2.13. The van der Waals surface area contributed by atoms with Crippen LogP contribution >= 0.6 is 0 Å². The van der Waals surface area contributed by atoms with E-state index in [9.17, 15) is 5.11 Å². The van der Waals surface area contributed by atoms with Gasteiger partial charge >= 0.3 is 0 Å². The van der Waals surface area contributed by atoms with E-state index in [4.69, 9.17) is 24.7 Å². The van der Waals surface area contributed by atoms with Gasteiger partial charge in [0.2, 0.25) is 11.5 Å². The van der Waals surface area contributed by atoms with Gasteiger partial charge in [-0.2, -0.15) is 0 Å². The van der Waals surface area contributed by atoms with E-state index in [0.717, 1.165) is 0 Å².